The van der Waals surface area contributed by atoms with E-state index in [2.05, 4.69) is 10.3 Å². The molecule has 2 aromatic heterocycles. The van der Waals surface area contributed by atoms with Gasteiger partial charge in [0.2, 0.25) is 11.7 Å². The van der Waals surface area contributed by atoms with Gasteiger partial charge in [-0.05, 0) is 37.1 Å². The van der Waals surface area contributed by atoms with Crippen LogP contribution in [0.2, 0.25) is 0 Å². The summed E-state index contributed by atoms with van der Waals surface area (Å²) in [5, 5.41) is 41.5. The lowest BCUT2D eigenvalue weighted by molar-refractivity contribution is -0.344. The summed E-state index contributed by atoms with van der Waals surface area (Å²) in [7, 11) is 0. The average molecular weight is 591 g/mol. The van der Waals surface area contributed by atoms with Gasteiger partial charge in [-0.15, -0.1) is 16.4 Å². The predicted molar refractivity (Wildman–Crippen MR) is 139 cm³/mol. The summed E-state index contributed by atoms with van der Waals surface area (Å²) in [5.74, 6) is -7.55. The molecule has 2 saturated heterocycles. The lowest BCUT2D eigenvalue weighted by Gasteiger charge is -2.50. The number of rotatable bonds is 5. The van der Waals surface area contributed by atoms with E-state index in [1.807, 2.05) is 6.07 Å². The molecule has 41 heavy (non-hydrogen) atoms. The number of aliphatic hydroxyl groups is 3. The van der Waals surface area contributed by atoms with Gasteiger partial charge in [-0.2, -0.15) is 0 Å². The molecule has 6 atom stereocenters. The Morgan fingerprint density at radius 3 is 2.66 bits per heavy atom. The van der Waals surface area contributed by atoms with Crippen molar-refractivity contribution in [2.24, 2.45) is 5.73 Å². The summed E-state index contributed by atoms with van der Waals surface area (Å²) in [6.45, 7) is 1.29. The Labute approximate surface area is 234 Å². The quantitative estimate of drug-likeness (QED) is 0.259. The van der Waals surface area contributed by atoms with Gasteiger partial charge >= 0.3 is 0 Å². The van der Waals surface area contributed by atoms with Crippen LogP contribution >= 0.6 is 11.3 Å². The molecular formula is C27H25F3N4O6S. The second-order valence-electron chi connectivity index (χ2n) is 10.1. The number of hydrogen-bond acceptors (Lipinski definition) is 9. The van der Waals surface area contributed by atoms with Crippen LogP contribution < -0.4 is 5.73 Å². The number of aryl methyl sites for hydroxylation is 1. The minimum absolute atomic E-state index is 0.0585. The molecule has 14 heteroatoms. The van der Waals surface area contributed by atoms with Gasteiger partial charge in [0.15, 0.2) is 17.5 Å². The molecule has 2 aliphatic rings. The lowest BCUT2D eigenvalue weighted by atomic mass is 9.78. The van der Waals surface area contributed by atoms with Gasteiger partial charge in [0.25, 0.3) is 0 Å². The van der Waals surface area contributed by atoms with Gasteiger partial charge in [0.05, 0.1) is 25.0 Å². The van der Waals surface area contributed by atoms with Crippen molar-refractivity contribution < 1.29 is 42.8 Å². The van der Waals surface area contributed by atoms with Crippen molar-refractivity contribution >= 4 is 27.3 Å². The molecule has 1 amide bonds. The number of halogens is 3. The van der Waals surface area contributed by atoms with Crippen LogP contribution in [0.4, 0.5) is 13.2 Å². The SMILES string of the molecule is Cc1sc2cccc([C@H]3CCO[C@]34O[C@H](CO)[C@H](O)[C@H](n3cc(-c5cc(F)c(F)c(F)c5)nn3)[C@H]4O)c2c1C(N)=O. The lowest BCUT2D eigenvalue weighted by Crippen LogP contribution is -2.64. The molecule has 10 nitrogen and oxygen atoms in total. The predicted octanol–water partition coefficient (Wildman–Crippen LogP) is 2.54. The van der Waals surface area contributed by atoms with Crippen molar-refractivity contribution in [2.45, 2.75) is 49.4 Å². The fourth-order valence-electron chi connectivity index (χ4n) is 6.02. The van der Waals surface area contributed by atoms with Crippen molar-refractivity contribution in [1.29, 1.82) is 0 Å². The van der Waals surface area contributed by atoms with E-state index in [1.165, 1.54) is 17.5 Å². The number of carbonyl (C=O) groups excluding carboxylic acids is 1. The first-order valence-electron chi connectivity index (χ1n) is 12.7. The number of aromatic nitrogens is 3. The van der Waals surface area contributed by atoms with E-state index in [0.717, 1.165) is 26.4 Å². The van der Waals surface area contributed by atoms with Crippen molar-refractivity contribution in [3.63, 3.8) is 0 Å². The van der Waals surface area contributed by atoms with Gasteiger partial charge in [-0.1, -0.05) is 17.3 Å². The van der Waals surface area contributed by atoms with Crippen LogP contribution in [0, 0.1) is 24.4 Å². The Hall–Kier alpha value is -3.40. The van der Waals surface area contributed by atoms with Crippen molar-refractivity contribution in [2.75, 3.05) is 13.2 Å². The third kappa shape index (κ3) is 4.24. The second-order valence-corrected chi connectivity index (χ2v) is 11.4. The standard InChI is InChI=1S/C27H25F3N4O6S/c1-11-20(26(31)38)21-13(3-2-4-19(21)41-11)14-5-6-39-27(14)25(37)23(24(36)18(10-35)40-27)34-9-17(32-33-34)12-7-15(28)22(30)16(29)8-12/h2-4,7-9,14,18,23-25,35-37H,5-6,10H2,1H3,(H2,31,38)/t14-,18-,23+,24+,25-,27+/m1/s1. The zero-order valence-electron chi connectivity index (χ0n) is 21.5. The number of fused-ring (bicyclic) bond motifs is 1. The van der Waals surface area contributed by atoms with Gasteiger partial charge in [0, 0.05) is 26.4 Å². The first-order chi connectivity index (χ1) is 19.6. The normalized spacial score (nSPS) is 28.1. The van der Waals surface area contributed by atoms with E-state index >= 15 is 0 Å². The van der Waals surface area contributed by atoms with Crippen molar-refractivity contribution in [3.05, 3.63) is 70.0 Å². The molecule has 1 spiro atoms. The maximum atomic E-state index is 13.9. The molecule has 4 aromatic rings. The number of hydrogen-bond donors (Lipinski definition) is 4. The second kappa shape index (κ2) is 10.2. The highest BCUT2D eigenvalue weighted by Gasteiger charge is 2.62. The summed E-state index contributed by atoms with van der Waals surface area (Å²) in [4.78, 5) is 13.1. The first-order valence-corrected chi connectivity index (χ1v) is 13.6. The molecule has 0 radical (unpaired) electrons. The molecule has 0 bridgehead atoms. The highest BCUT2D eigenvalue weighted by molar-refractivity contribution is 7.19. The molecule has 216 valence electrons. The Kier molecular flexibility index (Phi) is 6.87. The molecule has 6 rings (SSSR count). The van der Waals surface area contributed by atoms with E-state index < -0.39 is 66.0 Å². The van der Waals surface area contributed by atoms with Crippen LogP contribution in [0.3, 0.4) is 0 Å². The largest absolute Gasteiger partial charge is 0.394 e. The number of nitrogens with two attached hydrogens (primary N) is 1. The maximum Gasteiger partial charge on any atom is 0.250 e. The first kappa shape index (κ1) is 27.8. The Morgan fingerprint density at radius 2 is 1.98 bits per heavy atom. The summed E-state index contributed by atoms with van der Waals surface area (Å²) < 4.78 is 55.3. The molecule has 5 N–H and O–H groups in total. The number of thiophene rings is 1. The summed E-state index contributed by atoms with van der Waals surface area (Å²) in [5.41, 5.74) is 6.54. The summed E-state index contributed by atoms with van der Waals surface area (Å²) in [6, 6.07) is 5.65. The highest BCUT2D eigenvalue weighted by atomic mass is 32.1. The van der Waals surface area contributed by atoms with Crippen LogP contribution in [0.1, 0.15) is 39.2 Å². The van der Waals surface area contributed by atoms with Gasteiger partial charge in [-0.25, -0.2) is 17.9 Å². The van der Waals surface area contributed by atoms with Crippen LogP contribution in [0.5, 0.6) is 0 Å². The monoisotopic (exact) mass is 590 g/mol. The topological polar surface area (TPSA) is 153 Å². The highest BCUT2D eigenvalue weighted by Crippen LogP contribution is 2.52. The van der Waals surface area contributed by atoms with E-state index in [1.54, 1.807) is 19.1 Å². The number of benzene rings is 2. The van der Waals surface area contributed by atoms with Crippen molar-refractivity contribution in [1.82, 2.24) is 15.0 Å². The summed E-state index contributed by atoms with van der Waals surface area (Å²) >= 11 is 1.40. The Balaban J connectivity index is 1.45. The number of amides is 1. The van der Waals surface area contributed by atoms with Gasteiger partial charge < -0.3 is 30.5 Å². The fraction of sp³-hybridized carbons (Fsp3) is 0.370. The number of carbonyl (C=O) groups is 1. The molecular weight excluding hydrogens is 565 g/mol. The third-order valence-electron chi connectivity index (χ3n) is 7.84. The molecule has 4 heterocycles. The zero-order chi connectivity index (χ0) is 29.2. The van der Waals surface area contributed by atoms with Crippen LogP contribution in [0.15, 0.2) is 36.5 Å². The summed E-state index contributed by atoms with van der Waals surface area (Å²) in [6.07, 6.45) is -2.76. The Bertz CT molecular complexity index is 1640. The number of nitrogens with zero attached hydrogens (tertiary/aromatic N) is 3. The van der Waals surface area contributed by atoms with E-state index in [0.29, 0.717) is 22.9 Å². The Morgan fingerprint density at radius 1 is 1.24 bits per heavy atom. The van der Waals surface area contributed by atoms with Gasteiger partial charge in [0.1, 0.15) is 30.0 Å². The maximum absolute atomic E-state index is 13.9. The van der Waals surface area contributed by atoms with Crippen LogP contribution in [-0.2, 0) is 9.47 Å². The number of primary amides is 1. The van der Waals surface area contributed by atoms with E-state index in [9.17, 15) is 33.3 Å². The van der Waals surface area contributed by atoms with Gasteiger partial charge in [-0.3, -0.25) is 4.79 Å². The molecule has 0 unspecified atom stereocenters. The number of aliphatic hydroxyl groups excluding tert-OH is 3. The zero-order valence-corrected chi connectivity index (χ0v) is 22.3. The minimum Gasteiger partial charge on any atom is -0.394 e. The van der Waals surface area contributed by atoms with E-state index in [-0.39, 0.29) is 17.9 Å². The molecule has 2 fully saturated rings. The molecule has 2 aliphatic heterocycles. The van der Waals surface area contributed by atoms with Crippen LogP contribution in [-0.4, -0.2) is 73.5 Å². The fourth-order valence-corrected chi connectivity index (χ4v) is 7.13. The van der Waals surface area contributed by atoms with Crippen LogP contribution in [0.25, 0.3) is 21.3 Å². The molecule has 2 aromatic carbocycles. The van der Waals surface area contributed by atoms with E-state index in [4.69, 9.17) is 15.2 Å². The average Bonchev–Trinajstić information content (AvgIpc) is 3.66. The molecule has 0 aliphatic carbocycles. The molecule has 0 saturated carbocycles. The smallest absolute Gasteiger partial charge is 0.250 e. The third-order valence-corrected chi connectivity index (χ3v) is 8.91. The minimum atomic E-state index is -1.80. The number of ether oxygens (including phenoxy) is 2. The van der Waals surface area contributed by atoms with Crippen molar-refractivity contribution in [3.8, 4) is 11.3 Å².